The molecule has 0 heterocycles. The summed E-state index contributed by atoms with van der Waals surface area (Å²) in [5.41, 5.74) is 5.34. The predicted molar refractivity (Wildman–Crippen MR) is 118 cm³/mol. The SMILES string of the molecule is C=C(C)/C=C/c1ccc(N(c2ccc(OC)cc2)c2ccc(OC)cc2)cc1. The normalized spacial score (nSPS) is 10.7. The molecular weight excluding hydrogens is 346 g/mol. The minimum Gasteiger partial charge on any atom is -0.497 e. The third kappa shape index (κ3) is 4.63. The molecule has 0 aliphatic rings. The lowest BCUT2D eigenvalue weighted by molar-refractivity contribution is 0.415. The van der Waals surface area contributed by atoms with Crippen LogP contribution in [0.25, 0.3) is 6.08 Å². The molecule has 0 aliphatic heterocycles. The van der Waals surface area contributed by atoms with Crippen molar-refractivity contribution in [1.29, 1.82) is 0 Å². The van der Waals surface area contributed by atoms with Gasteiger partial charge in [0, 0.05) is 17.1 Å². The molecule has 0 aliphatic carbocycles. The molecule has 0 atom stereocenters. The molecule has 0 saturated heterocycles. The highest BCUT2D eigenvalue weighted by Gasteiger charge is 2.12. The van der Waals surface area contributed by atoms with Gasteiger partial charge in [0.25, 0.3) is 0 Å². The first-order chi connectivity index (χ1) is 13.6. The van der Waals surface area contributed by atoms with Crippen LogP contribution < -0.4 is 14.4 Å². The van der Waals surface area contributed by atoms with Crippen LogP contribution in [0.15, 0.2) is 91.0 Å². The van der Waals surface area contributed by atoms with Gasteiger partial charge in [0.1, 0.15) is 11.5 Å². The Kier molecular flexibility index (Phi) is 6.18. The van der Waals surface area contributed by atoms with E-state index >= 15 is 0 Å². The van der Waals surface area contributed by atoms with Crippen molar-refractivity contribution in [2.24, 2.45) is 0 Å². The summed E-state index contributed by atoms with van der Waals surface area (Å²) in [6.07, 6.45) is 4.08. The molecule has 0 fully saturated rings. The average Bonchev–Trinajstić information content (AvgIpc) is 2.74. The van der Waals surface area contributed by atoms with Crippen LogP contribution in [0.4, 0.5) is 17.1 Å². The van der Waals surface area contributed by atoms with Gasteiger partial charge in [0.15, 0.2) is 0 Å². The van der Waals surface area contributed by atoms with Crippen LogP contribution in [0, 0.1) is 0 Å². The Balaban J connectivity index is 2.00. The quantitative estimate of drug-likeness (QED) is 0.428. The number of allylic oxidation sites excluding steroid dienone is 2. The van der Waals surface area contributed by atoms with Gasteiger partial charge in [0.05, 0.1) is 14.2 Å². The smallest absolute Gasteiger partial charge is 0.119 e. The highest BCUT2D eigenvalue weighted by atomic mass is 16.5. The zero-order valence-electron chi connectivity index (χ0n) is 16.6. The summed E-state index contributed by atoms with van der Waals surface area (Å²) >= 11 is 0. The van der Waals surface area contributed by atoms with E-state index in [2.05, 4.69) is 66.1 Å². The van der Waals surface area contributed by atoms with Crippen molar-refractivity contribution in [1.82, 2.24) is 0 Å². The highest BCUT2D eigenvalue weighted by Crippen LogP contribution is 2.36. The molecule has 0 amide bonds. The van der Waals surface area contributed by atoms with Crippen LogP contribution in [-0.2, 0) is 0 Å². The highest BCUT2D eigenvalue weighted by molar-refractivity contribution is 5.77. The summed E-state index contributed by atoms with van der Waals surface area (Å²) in [5, 5.41) is 0. The third-order valence-electron chi connectivity index (χ3n) is 4.37. The predicted octanol–water partition coefficient (Wildman–Crippen LogP) is 6.76. The maximum atomic E-state index is 5.30. The standard InChI is InChI=1S/C25H25NO2/c1-19(2)5-6-20-7-9-21(10-8-20)26(22-11-15-24(27-3)16-12-22)23-13-17-25(28-4)18-14-23/h5-18H,1H2,2-4H3/b6-5+. The lowest BCUT2D eigenvalue weighted by Gasteiger charge is -2.26. The summed E-state index contributed by atoms with van der Waals surface area (Å²) < 4.78 is 10.6. The first-order valence-corrected chi connectivity index (χ1v) is 9.12. The molecular formula is C25H25NO2. The van der Waals surface area contributed by atoms with E-state index in [0.29, 0.717) is 0 Å². The Morgan fingerprint density at radius 1 is 0.714 bits per heavy atom. The molecule has 0 aromatic heterocycles. The van der Waals surface area contributed by atoms with Crippen molar-refractivity contribution >= 4 is 23.1 Å². The first-order valence-electron chi connectivity index (χ1n) is 9.12. The number of methoxy groups -OCH3 is 2. The number of nitrogens with zero attached hydrogens (tertiary/aromatic N) is 1. The van der Waals surface area contributed by atoms with Crippen LogP contribution in [-0.4, -0.2) is 14.2 Å². The summed E-state index contributed by atoms with van der Waals surface area (Å²) in [7, 11) is 3.35. The van der Waals surface area contributed by atoms with Gasteiger partial charge in [-0.05, 0) is 73.2 Å². The van der Waals surface area contributed by atoms with Gasteiger partial charge in [-0.3, -0.25) is 0 Å². The Hall–Kier alpha value is -3.46. The molecule has 3 rings (SSSR count). The van der Waals surface area contributed by atoms with Crippen molar-refractivity contribution in [3.05, 3.63) is 96.6 Å². The van der Waals surface area contributed by atoms with Crippen molar-refractivity contribution in [3.8, 4) is 11.5 Å². The molecule has 3 aromatic carbocycles. The minimum absolute atomic E-state index is 0.832. The van der Waals surface area contributed by atoms with E-state index in [0.717, 1.165) is 39.7 Å². The van der Waals surface area contributed by atoms with Crippen LogP contribution in [0.3, 0.4) is 0 Å². The fraction of sp³-hybridized carbons (Fsp3) is 0.120. The lowest BCUT2D eigenvalue weighted by Crippen LogP contribution is -2.09. The van der Waals surface area contributed by atoms with Gasteiger partial charge in [-0.15, -0.1) is 0 Å². The van der Waals surface area contributed by atoms with Crippen molar-refractivity contribution in [2.45, 2.75) is 6.92 Å². The van der Waals surface area contributed by atoms with Gasteiger partial charge < -0.3 is 14.4 Å². The average molecular weight is 371 g/mol. The molecule has 0 bridgehead atoms. The summed E-state index contributed by atoms with van der Waals surface area (Å²) in [6.45, 7) is 5.89. The number of rotatable bonds is 7. The lowest BCUT2D eigenvalue weighted by atomic mass is 10.1. The number of hydrogen-bond donors (Lipinski definition) is 0. The summed E-state index contributed by atoms with van der Waals surface area (Å²) in [6, 6.07) is 24.5. The zero-order chi connectivity index (χ0) is 19.9. The Morgan fingerprint density at radius 2 is 1.11 bits per heavy atom. The molecule has 28 heavy (non-hydrogen) atoms. The molecule has 0 radical (unpaired) electrons. The van der Waals surface area contributed by atoms with E-state index < -0.39 is 0 Å². The fourth-order valence-electron chi connectivity index (χ4n) is 2.88. The number of hydrogen-bond acceptors (Lipinski definition) is 3. The fourth-order valence-corrected chi connectivity index (χ4v) is 2.88. The third-order valence-corrected chi connectivity index (χ3v) is 4.37. The Labute approximate surface area is 167 Å². The van der Waals surface area contributed by atoms with Crippen LogP contribution in [0.1, 0.15) is 12.5 Å². The maximum Gasteiger partial charge on any atom is 0.119 e. The molecule has 3 heteroatoms. The number of ether oxygens (including phenoxy) is 2. The molecule has 3 aromatic rings. The largest absolute Gasteiger partial charge is 0.497 e. The van der Waals surface area contributed by atoms with Gasteiger partial charge >= 0.3 is 0 Å². The van der Waals surface area contributed by atoms with E-state index in [-0.39, 0.29) is 0 Å². The van der Waals surface area contributed by atoms with Crippen LogP contribution in [0.2, 0.25) is 0 Å². The second kappa shape index (κ2) is 8.96. The Morgan fingerprint density at radius 3 is 1.46 bits per heavy atom. The second-order valence-electron chi connectivity index (χ2n) is 6.50. The van der Waals surface area contributed by atoms with Crippen LogP contribution >= 0.6 is 0 Å². The topological polar surface area (TPSA) is 21.7 Å². The number of anilines is 3. The van der Waals surface area contributed by atoms with Crippen molar-refractivity contribution in [3.63, 3.8) is 0 Å². The van der Waals surface area contributed by atoms with E-state index in [4.69, 9.17) is 9.47 Å². The van der Waals surface area contributed by atoms with E-state index in [1.165, 1.54) is 0 Å². The van der Waals surface area contributed by atoms with Crippen molar-refractivity contribution in [2.75, 3.05) is 19.1 Å². The first kappa shape index (κ1) is 19.3. The molecule has 0 saturated carbocycles. The summed E-state index contributed by atoms with van der Waals surface area (Å²) in [4.78, 5) is 2.20. The zero-order valence-corrected chi connectivity index (χ0v) is 16.6. The minimum atomic E-state index is 0.832. The number of benzene rings is 3. The Bertz CT molecular complexity index is 892. The molecule has 3 nitrogen and oxygen atoms in total. The van der Waals surface area contributed by atoms with E-state index in [9.17, 15) is 0 Å². The summed E-state index contributed by atoms with van der Waals surface area (Å²) in [5.74, 6) is 1.66. The monoisotopic (exact) mass is 371 g/mol. The van der Waals surface area contributed by atoms with E-state index in [1.54, 1.807) is 14.2 Å². The molecule has 0 N–H and O–H groups in total. The van der Waals surface area contributed by atoms with Crippen molar-refractivity contribution < 1.29 is 9.47 Å². The second-order valence-corrected chi connectivity index (χ2v) is 6.50. The van der Waals surface area contributed by atoms with E-state index in [1.807, 2.05) is 37.3 Å². The molecule has 142 valence electrons. The van der Waals surface area contributed by atoms with Gasteiger partial charge in [-0.25, -0.2) is 0 Å². The molecule has 0 unspecified atom stereocenters. The van der Waals surface area contributed by atoms with Gasteiger partial charge in [0.2, 0.25) is 0 Å². The van der Waals surface area contributed by atoms with Gasteiger partial charge in [-0.1, -0.05) is 36.4 Å². The van der Waals surface area contributed by atoms with Gasteiger partial charge in [-0.2, -0.15) is 0 Å². The maximum absolute atomic E-state index is 5.30. The van der Waals surface area contributed by atoms with Crippen LogP contribution in [0.5, 0.6) is 11.5 Å². The molecule has 0 spiro atoms.